The second kappa shape index (κ2) is 7.04. The third-order valence-electron chi connectivity index (χ3n) is 2.80. The van der Waals surface area contributed by atoms with Crippen LogP contribution in [0.15, 0.2) is 18.2 Å². The fourth-order valence-corrected chi connectivity index (χ4v) is 1.63. The molecule has 0 saturated heterocycles. The third kappa shape index (κ3) is 4.48. The zero-order valence-corrected chi connectivity index (χ0v) is 11.4. The van der Waals surface area contributed by atoms with Crippen LogP contribution in [0.5, 0.6) is 0 Å². The van der Waals surface area contributed by atoms with E-state index in [2.05, 4.69) is 5.32 Å². The SMILES string of the molecule is CCOCC(Nc1cc(F)ccc1[N+](=O)[O-])C(C)C. The van der Waals surface area contributed by atoms with Crippen molar-refractivity contribution in [2.75, 3.05) is 18.5 Å². The summed E-state index contributed by atoms with van der Waals surface area (Å²) in [7, 11) is 0. The van der Waals surface area contributed by atoms with Gasteiger partial charge >= 0.3 is 0 Å². The van der Waals surface area contributed by atoms with Crippen LogP contribution in [-0.4, -0.2) is 24.2 Å². The maximum atomic E-state index is 13.2. The van der Waals surface area contributed by atoms with Crippen molar-refractivity contribution in [2.24, 2.45) is 5.92 Å². The molecule has 1 aromatic rings. The van der Waals surface area contributed by atoms with E-state index in [9.17, 15) is 14.5 Å². The number of hydrogen-bond acceptors (Lipinski definition) is 4. The molecule has 0 aromatic heterocycles. The minimum absolute atomic E-state index is 0.111. The van der Waals surface area contributed by atoms with Crippen LogP contribution in [0, 0.1) is 21.8 Å². The Labute approximate surface area is 111 Å². The van der Waals surface area contributed by atoms with Gasteiger partial charge in [0.05, 0.1) is 17.6 Å². The van der Waals surface area contributed by atoms with E-state index in [-0.39, 0.29) is 23.3 Å². The van der Waals surface area contributed by atoms with Gasteiger partial charge in [-0.3, -0.25) is 10.1 Å². The first-order chi connectivity index (χ1) is 8.95. The zero-order valence-electron chi connectivity index (χ0n) is 11.4. The van der Waals surface area contributed by atoms with Crippen LogP contribution >= 0.6 is 0 Å². The van der Waals surface area contributed by atoms with Crippen molar-refractivity contribution in [3.8, 4) is 0 Å². The summed E-state index contributed by atoms with van der Waals surface area (Å²) in [4.78, 5) is 10.4. The Balaban J connectivity index is 2.94. The molecule has 1 aromatic carbocycles. The van der Waals surface area contributed by atoms with Crippen molar-refractivity contribution in [1.29, 1.82) is 0 Å². The molecule has 0 aliphatic carbocycles. The number of nitrogens with zero attached hydrogens (tertiary/aromatic N) is 1. The first-order valence-electron chi connectivity index (χ1n) is 6.24. The van der Waals surface area contributed by atoms with E-state index >= 15 is 0 Å². The van der Waals surface area contributed by atoms with Gasteiger partial charge in [0.25, 0.3) is 5.69 Å². The summed E-state index contributed by atoms with van der Waals surface area (Å²) in [6.07, 6.45) is 0. The molecule has 1 N–H and O–H groups in total. The molecule has 0 radical (unpaired) electrons. The van der Waals surface area contributed by atoms with Crippen LogP contribution in [0.4, 0.5) is 15.8 Å². The summed E-state index contributed by atoms with van der Waals surface area (Å²) in [5, 5.41) is 13.9. The first-order valence-corrected chi connectivity index (χ1v) is 6.24. The Morgan fingerprint density at radius 2 is 2.16 bits per heavy atom. The maximum Gasteiger partial charge on any atom is 0.292 e. The van der Waals surface area contributed by atoms with Crippen LogP contribution in [0.2, 0.25) is 0 Å². The Bertz CT molecular complexity index is 438. The van der Waals surface area contributed by atoms with E-state index in [1.54, 1.807) is 0 Å². The monoisotopic (exact) mass is 270 g/mol. The molecule has 0 saturated carbocycles. The average molecular weight is 270 g/mol. The Kier molecular flexibility index (Phi) is 5.69. The lowest BCUT2D eigenvalue weighted by atomic mass is 10.0. The number of rotatable bonds is 7. The lowest BCUT2D eigenvalue weighted by Gasteiger charge is -2.23. The summed E-state index contributed by atoms with van der Waals surface area (Å²) in [6, 6.07) is 3.27. The van der Waals surface area contributed by atoms with Crippen LogP contribution in [-0.2, 0) is 4.74 Å². The summed E-state index contributed by atoms with van der Waals surface area (Å²) in [5.74, 6) is -0.304. The third-order valence-corrected chi connectivity index (χ3v) is 2.80. The number of benzene rings is 1. The molecule has 1 atom stereocenters. The van der Waals surface area contributed by atoms with Crippen molar-refractivity contribution < 1.29 is 14.1 Å². The molecular formula is C13H19FN2O3. The molecule has 19 heavy (non-hydrogen) atoms. The van der Waals surface area contributed by atoms with E-state index in [0.29, 0.717) is 13.2 Å². The number of halogens is 1. The van der Waals surface area contributed by atoms with Gasteiger partial charge in [-0.25, -0.2) is 4.39 Å². The van der Waals surface area contributed by atoms with Crippen molar-refractivity contribution in [3.63, 3.8) is 0 Å². The normalized spacial score (nSPS) is 12.5. The van der Waals surface area contributed by atoms with E-state index in [1.165, 1.54) is 0 Å². The molecule has 0 aliphatic rings. The van der Waals surface area contributed by atoms with Crippen molar-refractivity contribution in [2.45, 2.75) is 26.8 Å². The summed E-state index contributed by atoms with van der Waals surface area (Å²) < 4.78 is 18.6. The molecule has 0 amide bonds. The number of nitro benzene ring substituents is 1. The fourth-order valence-electron chi connectivity index (χ4n) is 1.63. The fraction of sp³-hybridized carbons (Fsp3) is 0.538. The van der Waals surface area contributed by atoms with Gasteiger partial charge in [-0.05, 0) is 18.9 Å². The van der Waals surface area contributed by atoms with Crippen molar-refractivity contribution in [3.05, 3.63) is 34.1 Å². The second-order valence-corrected chi connectivity index (χ2v) is 4.57. The number of hydrogen-bond donors (Lipinski definition) is 1. The lowest BCUT2D eigenvalue weighted by Crippen LogP contribution is -2.31. The van der Waals surface area contributed by atoms with Crippen LogP contribution < -0.4 is 5.32 Å². The van der Waals surface area contributed by atoms with Gasteiger partial charge in [-0.1, -0.05) is 13.8 Å². The largest absolute Gasteiger partial charge is 0.380 e. The number of nitro groups is 1. The van der Waals surface area contributed by atoms with Crippen LogP contribution in [0.1, 0.15) is 20.8 Å². The molecule has 0 aliphatic heterocycles. The van der Waals surface area contributed by atoms with Gasteiger partial charge in [0, 0.05) is 18.7 Å². The smallest absolute Gasteiger partial charge is 0.292 e. The summed E-state index contributed by atoms with van der Waals surface area (Å²) in [5.41, 5.74) is 0.0481. The lowest BCUT2D eigenvalue weighted by molar-refractivity contribution is -0.384. The first kappa shape index (κ1) is 15.4. The molecule has 106 valence electrons. The maximum absolute atomic E-state index is 13.2. The molecule has 1 rings (SSSR count). The number of anilines is 1. The van der Waals surface area contributed by atoms with Gasteiger partial charge in [0.2, 0.25) is 0 Å². The summed E-state index contributed by atoms with van der Waals surface area (Å²) in [6.45, 7) is 6.81. The molecule has 0 heterocycles. The average Bonchev–Trinajstić information content (AvgIpc) is 2.33. The van der Waals surface area contributed by atoms with Crippen molar-refractivity contribution >= 4 is 11.4 Å². The quantitative estimate of drug-likeness (QED) is 0.610. The van der Waals surface area contributed by atoms with E-state index in [0.717, 1.165) is 18.2 Å². The highest BCUT2D eigenvalue weighted by molar-refractivity contribution is 5.61. The second-order valence-electron chi connectivity index (χ2n) is 4.57. The predicted molar refractivity (Wildman–Crippen MR) is 71.8 cm³/mol. The molecule has 0 fully saturated rings. The van der Waals surface area contributed by atoms with Gasteiger partial charge in [-0.15, -0.1) is 0 Å². The molecule has 1 unspecified atom stereocenters. The molecule has 0 bridgehead atoms. The highest BCUT2D eigenvalue weighted by Crippen LogP contribution is 2.26. The Hall–Kier alpha value is -1.69. The minimum atomic E-state index is -0.528. The van der Waals surface area contributed by atoms with Crippen LogP contribution in [0.3, 0.4) is 0 Å². The zero-order chi connectivity index (χ0) is 14.4. The Morgan fingerprint density at radius 3 is 2.68 bits per heavy atom. The van der Waals surface area contributed by atoms with Gasteiger partial charge in [-0.2, -0.15) is 0 Å². The van der Waals surface area contributed by atoms with Gasteiger partial charge < -0.3 is 10.1 Å². The molecule has 0 spiro atoms. The molecule has 6 heteroatoms. The Morgan fingerprint density at radius 1 is 1.47 bits per heavy atom. The van der Waals surface area contributed by atoms with E-state index in [1.807, 2.05) is 20.8 Å². The van der Waals surface area contributed by atoms with Crippen molar-refractivity contribution in [1.82, 2.24) is 0 Å². The number of nitrogens with one attached hydrogen (secondary N) is 1. The van der Waals surface area contributed by atoms with E-state index < -0.39 is 10.7 Å². The topological polar surface area (TPSA) is 64.4 Å². The van der Waals surface area contributed by atoms with Gasteiger partial charge in [0.1, 0.15) is 11.5 Å². The predicted octanol–water partition coefficient (Wildman–Crippen LogP) is 3.21. The van der Waals surface area contributed by atoms with Crippen LogP contribution in [0.25, 0.3) is 0 Å². The highest BCUT2D eigenvalue weighted by atomic mass is 19.1. The highest BCUT2D eigenvalue weighted by Gasteiger charge is 2.20. The standard InChI is InChI=1S/C13H19FN2O3/c1-4-19-8-12(9(2)3)15-11-7-10(14)5-6-13(11)16(17)18/h5-7,9,12,15H,4,8H2,1-3H3. The van der Waals surface area contributed by atoms with E-state index in [4.69, 9.17) is 4.74 Å². The molecule has 5 nitrogen and oxygen atoms in total. The molecular weight excluding hydrogens is 251 g/mol. The summed E-state index contributed by atoms with van der Waals surface area (Å²) >= 11 is 0. The number of ether oxygens (including phenoxy) is 1. The van der Waals surface area contributed by atoms with Gasteiger partial charge in [0.15, 0.2) is 0 Å². The minimum Gasteiger partial charge on any atom is -0.380 e.